The van der Waals surface area contributed by atoms with E-state index in [1.807, 2.05) is 0 Å². The Hall–Kier alpha value is -1.23. The minimum atomic E-state index is -4.70. The van der Waals surface area contributed by atoms with Crippen molar-refractivity contribution < 1.29 is 23.0 Å². The molecule has 1 aromatic carbocycles. The molecule has 112 valence electrons. The Balaban J connectivity index is 1.98. The monoisotopic (exact) mass is 288 g/mol. The lowest BCUT2D eigenvalue weighted by Crippen LogP contribution is -2.17. The summed E-state index contributed by atoms with van der Waals surface area (Å²) in [5, 5.41) is 10.2. The molecule has 2 rings (SSSR count). The molecule has 1 fully saturated rings. The van der Waals surface area contributed by atoms with Crippen LogP contribution in [0.1, 0.15) is 50.2 Å². The van der Waals surface area contributed by atoms with Crippen molar-refractivity contribution in [1.82, 2.24) is 0 Å². The van der Waals surface area contributed by atoms with Crippen molar-refractivity contribution in [3.8, 4) is 5.75 Å². The molecule has 0 spiro atoms. The quantitative estimate of drug-likeness (QED) is 0.878. The molecule has 0 radical (unpaired) electrons. The minimum Gasteiger partial charge on any atom is -0.406 e. The predicted molar refractivity (Wildman–Crippen MR) is 69.3 cm³/mol. The van der Waals surface area contributed by atoms with Gasteiger partial charge < -0.3 is 9.84 Å². The van der Waals surface area contributed by atoms with Crippen LogP contribution in [0.4, 0.5) is 13.2 Å². The van der Waals surface area contributed by atoms with Crippen LogP contribution in [0, 0.1) is 5.92 Å². The highest BCUT2D eigenvalue weighted by atomic mass is 19.4. The molecule has 0 aromatic heterocycles. The van der Waals surface area contributed by atoms with E-state index in [-0.39, 0.29) is 5.75 Å². The van der Waals surface area contributed by atoms with Crippen molar-refractivity contribution in [2.24, 2.45) is 5.92 Å². The van der Waals surface area contributed by atoms with Gasteiger partial charge in [0.25, 0.3) is 0 Å². The molecule has 1 N–H and O–H groups in total. The van der Waals surface area contributed by atoms with Crippen LogP contribution < -0.4 is 4.74 Å². The molecular weight excluding hydrogens is 269 g/mol. The zero-order valence-corrected chi connectivity index (χ0v) is 11.2. The first kappa shape index (κ1) is 15.2. The second-order valence-electron chi connectivity index (χ2n) is 5.38. The van der Waals surface area contributed by atoms with Crippen molar-refractivity contribution >= 4 is 0 Å². The van der Waals surface area contributed by atoms with Gasteiger partial charge in [-0.15, -0.1) is 13.2 Å². The molecule has 1 aliphatic rings. The summed E-state index contributed by atoms with van der Waals surface area (Å²) in [5.74, 6) is 0.184. The van der Waals surface area contributed by atoms with E-state index >= 15 is 0 Å². The van der Waals surface area contributed by atoms with Crippen molar-refractivity contribution in [3.63, 3.8) is 0 Å². The molecule has 2 nitrogen and oxygen atoms in total. The largest absolute Gasteiger partial charge is 0.573 e. The highest BCUT2D eigenvalue weighted by Gasteiger charge is 2.31. The smallest absolute Gasteiger partial charge is 0.406 e. The lowest BCUT2D eigenvalue weighted by Gasteiger charge is -2.24. The summed E-state index contributed by atoms with van der Waals surface area (Å²) in [6.07, 6.45) is 0.952. The minimum absolute atomic E-state index is 0.280. The van der Waals surface area contributed by atoms with Gasteiger partial charge in [0.15, 0.2) is 0 Å². The standard InChI is InChI=1S/C15H19F3O2/c16-15(17,18)20-13-8-4-7-12(10-13)14(19)9-11-5-2-1-3-6-11/h4,7-8,10-11,14,19H,1-3,5-6,9H2. The molecular formula is C15H19F3O2. The first-order chi connectivity index (χ1) is 9.44. The molecule has 1 atom stereocenters. The molecule has 1 aromatic rings. The summed E-state index contributed by atoms with van der Waals surface area (Å²) in [4.78, 5) is 0. The molecule has 20 heavy (non-hydrogen) atoms. The van der Waals surface area contributed by atoms with E-state index in [2.05, 4.69) is 4.74 Å². The molecule has 5 heteroatoms. The Kier molecular flexibility index (Phi) is 4.91. The normalized spacial score (nSPS) is 18.8. The molecule has 1 saturated carbocycles. The summed E-state index contributed by atoms with van der Waals surface area (Å²) >= 11 is 0. The molecule has 0 heterocycles. The average molecular weight is 288 g/mol. The van der Waals surface area contributed by atoms with Crippen LogP contribution in [0.25, 0.3) is 0 Å². The third-order valence-electron chi connectivity index (χ3n) is 3.76. The van der Waals surface area contributed by atoms with Crippen LogP contribution in [-0.2, 0) is 0 Å². The topological polar surface area (TPSA) is 29.5 Å². The van der Waals surface area contributed by atoms with E-state index in [0.717, 1.165) is 12.8 Å². The Morgan fingerprint density at radius 2 is 1.90 bits per heavy atom. The Bertz CT molecular complexity index is 425. The maximum absolute atomic E-state index is 12.2. The van der Waals surface area contributed by atoms with Crippen LogP contribution >= 0.6 is 0 Å². The number of alkyl halides is 3. The second-order valence-corrected chi connectivity index (χ2v) is 5.38. The van der Waals surface area contributed by atoms with Crippen molar-refractivity contribution in [3.05, 3.63) is 29.8 Å². The number of benzene rings is 1. The van der Waals surface area contributed by atoms with Gasteiger partial charge >= 0.3 is 6.36 Å². The molecule has 1 aliphatic carbocycles. The fraction of sp³-hybridized carbons (Fsp3) is 0.600. The van der Waals surface area contributed by atoms with Crippen LogP contribution in [0.2, 0.25) is 0 Å². The number of rotatable bonds is 4. The van der Waals surface area contributed by atoms with Crippen LogP contribution in [0.3, 0.4) is 0 Å². The number of aliphatic hydroxyl groups is 1. The molecule has 1 unspecified atom stereocenters. The average Bonchev–Trinajstić information content (AvgIpc) is 2.38. The zero-order chi connectivity index (χ0) is 14.6. The number of hydrogen-bond donors (Lipinski definition) is 1. The number of ether oxygens (including phenoxy) is 1. The lowest BCUT2D eigenvalue weighted by molar-refractivity contribution is -0.274. The van der Waals surface area contributed by atoms with Gasteiger partial charge in [0.2, 0.25) is 0 Å². The van der Waals surface area contributed by atoms with E-state index in [9.17, 15) is 18.3 Å². The van der Waals surface area contributed by atoms with Gasteiger partial charge in [0, 0.05) is 0 Å². The van der Waals surface area contributed by atoms with Gasteiger partial charge in [-0.3, -0.25) is 0 Å². The third kappa shape index (κ3) is 4.71. The Morgan fingerprint density at radius 3 is 2.55 bits per heavy atom. The van der Waals surface area contributed by atoms with Gasteiger partial charge in [-0.25, -0.2) is 0 Å². The van der Waals surface area contributed by atoms with Gasteiger partial charge in [0.1, 0.15) is 5.75 Å². The van der Waals surface area contributed by atoms with Gasteiger partial charge in [0.05, 0.1) is 6.10 Å². The van der Waals surface area contributed by atoms with Crippen molar-refractivity contribution in [2.75, 3.05) is 0 Å². The number of hydrogen-bond acceptors (Lipinski definition) is 2. The van der Waals surface area contributed by atoms with Gasteiger partial charge in [-0.2, -0.15) is 0 Å². The molecule has 0 bridgehead atoms. The highest BCUT2D eigenvalue weighted by molar-refractivity contribution is 5.30. The first-order valence-electron chi connectivity index (χ1n) is 6.98. The highest BCUT2D eigenvalue weighted by Crippen LogP contribution is 2.33. The Morgan fingerprint density at radius 1 is 1.20 bits per heavy atom. The maximum Gasteiger partial charge on any atom is 0.573 e. The Labute approximate surface area is 116 Å². The third-order valence-corrected chi connectivity index (χ3v) is 3.76. The first-order valence-corrected chi connectivity index (χ1v) is 6.98. The van der Waals surface area contributed by atoms with Gasteiger partial charge in [-0.05, 0) is 30.0 Å². The van der Waals surface area contributed by atoms with E-state index in [0.29, 0.717) is 17.9 Å². The predicted octanol–water partition coefficient (Wildman–Crippen LogP) is 4.59. The summed E-state index contributed by atoms with van der Waals surface area (Å²) in [7, 11) is 0. The van der Waals surface area contributed by atoms with Crippen LogP contribution in [0.5, 0.6) is 5.75 Å². The van der Waals surface area contributed by atoms with E-state index in [1.165, 1.54) is 37.5 Å². The van der Waals surface area contributed by atoms with Crippen LogP contribution in [-0.4, -0.2) is 11.5 Å². The number of halogens is 3. The van der Waals surface area contributed by atoms with E-state index < -0.39 is 12.5 Å². The summed E-state index contributed by atoms with van der Waals surface area (Å²) in [6, 6.07) is 5.61. The van der Waals surface area contributed by atoms with E-state index in [4.69, 9.17) is 0 Å². The van der Waals surface area contributed by atoms with Gasteiger partial charge in [-0.1, -0.05) is 44.2 Å². The number of aliphatic hydroxyl groups excluding tert-OH is 1. The zero-order valence-electron chi connectivity index (χ0n) is 11.2. The SMILES string of the molecule is OC(CC1CCCCC1)c1cccc(OC(F)(F)F)c1. The summed E-state index contributed by atoms with van der Waals surface area (Å²) < 4.78 is 40.4. The lowest BCUT2D eigenvalue weighted by atomic mass is 9.84. The molecule has 0 aliphatic heterocycles. The fourth-order valence-corrected chi connectivity index (χ4v) is 2.79. The van der Waals surface area contributed by atoms with Crippen molar-refractivity contribution in [2.45, 2.75) is 51.0 Å². The fourth-order valence-electron chi connectivity index (χ4n) is 2.79. The molecule has 0 amide bonds. The maximum atomic E-state index is 12.2. The summed E-state index contributed by atoms with van der Waals surface area (Å²) in [5.41, 5.74) is 0.484. The second kappa shape index (κ2) is 6.48. The summed E-state index contributed by atoms with van der Waals surface area (Å²) in [6.45, 7) is 0. The van der Waals surface area contributed by atoms with Crippen LogP contribution in [0.15, 0.2) is 24.3 Å². The van der Waals surface area contributed by atoms with E-state index in [1.54, 1.807) is 6.07 Å². The molecule has 0 saturated heterocycles. The van der Waals surface area contributed by atoms with Crippen molar-refractivity contribution in [1.29, 1.82) is 0 Å².